The fourth-order valence-electron chi connectivity index (χ4n) is 9.78. The summed E-state index contributed by atoms with van der Waals surface area (Å²) in [5.41, 5.74) is 2.86. The smallest absolute Gasteiger partial charge is 0.264 e. The number of sulfonamides is 1. The lowest BCUT2D eigenvalue weighted by atomic mass is 9.63. The monoisotopic (exact) mass is 768 g/mol. The van der Waals surface area contributed by atoms with E-state index in [1.165, 1.54) is 11.1 Å². The van der Waals surface area contributed by atoms with Crippen molar-refractivity contribution in [2.24, 2.45) is 17.8 Å². The number of halogens is 1. The molecule has 1 N–H and O–H groups in total. The van der Waals surface area contributed by atoms with Crippen LogP contribution in [0.3, 0.4) is 0 Å². The highest BCUT2D eigenvalue weighted by Crippen LogP contribution is 2.49. The van der Waals surface area contributed by atoms with Gasteiger partial charge in [-0.05, 0) is 111 Å². The van der Waals surface area contributed by atoms with E-state index < -0.39 is 26.8 Å². The van der Waals surface area contributed by atoms with Crippen molar-refractivity contribution in [1.29, 1.82) is 0 Å². The summed E-state index contributed by atoms with van der Waals surface area (Å²) in [7, 11) is 1.54. The number of rotatable bonds is 6. The van der Waals surface area contributed by atoms with E-state index >= 15 is 0 Å². The third kappa shape index (κ3) is 7.89. The van der Waals surface area contributed by atoms with Crippen molar-refractivity contribution in [3.8, 4) is 5.75 Å². The number of fused-ring (bicyclic) bond motifs is 4. The summed E-state index contributed by atoms with van der Waals surface area (Å²) in [4.78, 5) is 21.2. The minimum absolute atomic E-state index is 0.257. The standard InChI is InChI=1S/C41H57ClN4O6S/c1-29-7-5-17-41(51-4,27-45-20-18-44(2)19-21-45)35-12-9-32(35)25-46-26-40(16-6-8-30-23-33(42)11-13-34(30)40)28-52-37-14-10-31(24-36(37)46)39(47)43-53(48,49)38(29)15-22-50-3/h5,10-11,13-14,17,23-24,29,32,35,38H,6-9,12,15-16,18-22,25-28H2,1-4H3,(H,43,47)/b17-5-/t29-,32-,35+,38+,40-,41-/m0/s1. The first kappa shape index (κ1) is 38.6. The number of benzene rings is 2. The number of piperazine rings is 1. The first-order valence-electron chi connectivity index (χ1n) is 19.5. The van der Waals surface area contributed by atoms with Crippen LogP contribution in [0.1, 0.15) is 66.9 Å². The summed E-state index contributed by atoms with van der Waals surface area (Å²) in [6.07, 6.45) is 10.3. The van der Waals surface area contributed by atoms with Crippen molar-refractivity contribution >= 4 is 33.2 Å². The van der Waals surface area contributed by atoms with Gasteiger partial charge in [0.1, 0.15) is 11.4 Å². The zero-order chi connectivity index (χ0) is 37.4. The molecule has 2 aromatic carbocycles. The zero-order valence-electron chi connectivity index (χ0n) is 31.8. The topological polar surface area (TPSA) is 101 Å². The van der Waals surface area contributed by atoms with Gasteiger partial charge >= 0.3 is 0 Å². The fourth-order valence-corrected chi connectivity index (χ4v) is 11.6. The van der Waals surface area contributed by atoms with Gasteiger partial charge in [0.15, 0.2) is 0 Å². The molecule has 5 aliphatic rings. The molecule has 0 radical (unpaired) electrons. The molecule has 1 saturated carbocycles. The van der Waals surface area contributed by atoms with Crippen LogP contribution in [-0.2, 0) is 31.3 Å². The highest BCUT2D eigenvalue weighted by Gasteiger charge is 2.50. The normalized spacial score (nSPS) is 32.8. The minimum atomic E-state index is -4.06. The third-order valence-electron chi connectivity index (χ3n) is 13.0. The predicted molar refractivity (Wildman–Crippen MR) is 210 cm³/mol. The zero-order valence-corrected chi connectivity index (χ0v) is 33.4. The van der Waals surface area contributed by atoms with Gasteiger partial charge in [0, 0.05) is 82.6 Å². The van der Waals surface area contributed by atoms with Crippen molar-refractivity contribution < 1.29 is 27.4 Å². The number of anilines is 1. The SMILES string of the molecule is COCC[C@@H]1[C@@H](C)C/C=C\[C@@](CN2CCN(C)CC2)(OC)[C@@H]2CC[C@H]2CN2C[C@@]3(CCCc4cc(Cl)ccc43)COc3ccc(cc32)C(=O)NS1(=O)=O. The van der Waals surface area contributed by atoms with Gasteiger partial charge in [-0.3, -0.25) is 9.69 Å². The average molecular weight is 769 g/mol. The summed E-state index contributed by atoms with van der Waals surface area (Å²) in [5.74, 6) is 0.401. The highest BCUT2D eigenvalue weighted by atomic mass is 35.5. The van der Waals surface area contributed by atoms with E-state index in [1.54, 1.807) is 13.2 Å². The van der Waals surface area contributed by atoms with Gasteiger partial charge in [0.25, 0.3) is 5.91 Å². The van der Waals surface area contributed by atoms with Gasteiger partial charge in [-0.15, -0.1) is 0 Å². The molecule has 1 saturated heterocycles. The van der Waals surface area contributed by atoms with Crippen molar-refractivity contribution in [3.63, 3.8) is 0 Å². The number of nitrogens with one attached hydrogen (secondary N) is 1. The average Bonchev–Trinajstić information content (AvgIpc) is 3.27. The lowest BCUT2D eigenvalue weighted by molar-refractivity contribution is -0.0949. The Morgan fingerprint density at radius 1 is 1.08 bits per heavy atom. The molecule has 12 heteroatoms. The number of ether oxygens (including phenoxy) is 3. The van der Waals surface area contributed by atoms with Crippen LogP contribution >= 0.6 is 11.6 Å². The number of carbonyl (C=O) groups is 1. The number of allylic oxidation sites excluding steroid dienone is 1. The molecule has 2 fully saturated rings. The van der Waals surface area contributed by atoms with Crippen LogP contribution in [0.15, 0.2) is 48.6 Å². The molecular weight excluding hydrogens is 712 g/mol. The van der Waals surface area contributed by atoms with Gasteiger partial charge in [-0.1, -0.05) is 36.7 Å². The van der Waals surface area contributed by atoms with Crippen LogP contribution in [0, 0.1) is 17.8 Å². The molecular formula is C41H57ClN4O6S. The van der Waals surface area contributed by atoms with Gasteiger partial charge in [0.2, 0.25) is 10.0 Å². The number of hydrogen-bond donors (Lipinski definition) is 1. The predicted octanol–water partition coefficient (Wildman–Crippen LogP) is 5.53. The van der Waals surface area contributed by atoms with Crippen LogP contribution in [0.4, 0.5) is 5.69 Å². The summed E-state index contributed by atoms with van der Waals surface area (Å²) in [6.45, 7) is 8.98. The van der Waals surface area contributed by atoms with Crippen LogP contribution in [0.2, 0.25) is 5.02 Å². The Labute approximate surface area is 321 Å². The first-order valence-corrected chi connectivity index (χ1v) is 21.4. The molecule has 0 aromatic heterocycles. The number of carbonyl (C=O) groups excluding carboxylic acids is 1. The molecule has 3 aliphatic heterocycles. The maximum atomic E-state index is 14.0. The molecule has 7 rings (SSSR count). The molecule has 2 aromatic rings. The van der Waals surface area contributed by atoms with E-state index in [0.29, 0.717) is 36.8 Å². The molecule has 1 spiro atoms. The number of amides is 1. The van der Waals surface area contributed by atoms with Gasteiger partial charge in [-0.2, -0.15) is 0 Å². The summed E-state index contributed by atoms with van der Waals surface area (Å²) in [6, 6.07) is 11.6. The maximum absolute atomic E-state index is 14.0. The van der Waals surface area contributed by atoms with Crippen LogP contribution < -0.4 is 14.4 Å². The Bertz CT molecular complexity index is 1780. The lowest BCUT2D eigenvalue weighted by Gasteiger charge is -2.52. The maximum Gasteiger partial charge on any atom is 0.264 e. The molecule has 10 nitrogen and oxygen atoms in total. The second kappa shape index (κ2) is 15.8. The number of nitrogens with zero attached hydrogens (tertiary/aromatic N) is 3. The highest BCUT2D eigenvalue weighted by molar-refractivity contribution is 7.90. The van der Waals surface area contributed by atoms with Crippen LogP contribution in [0.25, 0.3) is 0 Å². The Balaban J connectivity index is 1.32. The molecule has 6 atom stereocenters. The first-order chi connectivity index (χ1) is 25.5. The van der Waals surface area contributed by atoms with Crippen molar-refractivity contribution in [3.05, 3.63) is 70.3 Å². The minimum Gasteiger partial charge on any atom is -0.490 e. The number of hydrogen-bond acceptors (Lipinski definition) is 9. The second-order valence-corrected chi connectivity index (χ2v) is 18.7. The van der Waals surface area contributed by atoms with E-state index in [2.05, 4.69) is 50.8 Å². The fraction of sp³-hybridized carbons (Fsp3) is 0.634. The van der Waals surface area contributed by atoms with Gasteiger partial charge in [0.05, 0.1) is 17.5 Å². The molecule has 0 unspecified atom stereocenters. The molecule has 3 heterocycles. The summed E-state index contributed by atoms with van der Waals surface area (Å²) >= 11 is 6.51. The molecule has 53 heavy (non-hydrogen) atoms. The number of methoxy groups -OCH3 is 2. The van der Waals surface area contributed by atoms with E-state index in [1.807, 2.05) is 32.2 Å². The lowest BCUT2D eigenvalue weighted by Crippen LogP contribution is -2.58. The quantitative estimate of drug-likeness (QED) is 0.381. The van der Waals surface area contributed by atoms with Gasteiger partial charge < -0.3 is 24.0 Å². The summed E-state index contributed by atoms with van der Waals surface area (Å²) < 4.78 is 49.2. The van der Waals surface area contributed by atoms with E-state index in [9.17, 15) is 13.2 Å². The molecule has 290 valence electrons. The second-order valence-electron chi connectivity index (χ2n) is 16.4. The Morgan fingerprint density at radius 3 is 2.62 bits per heavy atom. The molecule has 2 bridgehead atoms. The Morgan fingerprint density at radius 2 is 1.89 bits per heavy atom. The van der Waals surface area contributed by atoms with Crippen LogP contribution in [0.5, 0.6) is 5.75 Å². The van der Waals surface area contributed by atoms with E-state index in [4.69, 9.17) is 25.8 Å². The van der Waals surface area contributed by atoms with E-state index in [-0.39, 0.29) is 30.3 Å². The molecule has 2 aliphatic carbocycles. The molecule has 1 amide bonds. The van der Waals surface area contributed by atoms with Crippen molar-refractivity contribution in [2.75, 3.05) is 85.2 Å². The third-order valence-corrected chi connectivity index (χ3v) is 15.2. The van der Waals surface area contributed by atoms with Gasteiger partial charge in [-0.25, -0.2) is 13.1 Å². The van der Waals surface area contributed by atoms with Crippen molar-refractivity contribution in [2.45, 2.75) is 68.1 Å². The Hall–Kier alpha value is -2.67. The Kier molecular flexibility index (Phi) is 11.5. The van der Waals surface area contributed by atoms with E-state index in [0.717, 1.165) is 82.1 Å². The van der Waals surface area contributed by atoms with Crippen LogP contribution in [-0.4, -0.2) is 115 Å². The number of aryl methyl sites for hydroxylation is 1. The number of likely N-dealkylation sites (N-methyl/N-ethyl adjacent to an activating group) is 1. The largest absolute Gasteiger partial charge is 0.490 e. The summed E-state index contributed by atoms with van der Waals surface area (Å²) in [5, 5.41) is -0.0786. The van der Waals surface area contributed by atoms with Crippen molar-refractivity contribution in [1.82, 2.24) is 14.5 Å².